The molecular formula is C22H34N4O5. The molecule has 2 N–H and O–H groups in total. The summed E-state index contributed by atoms with van der Waals surface area (Å²) >= 11 is 0. The third-order valence-corrected chi connectivity index (χ3v) is 6.05. The van der Waals surface area contributed by atoms with Crippen LogP contribution < -0.4 is 0 Å². The highest BCUT2D eigenvalue weighted by Crippen LogP contribution is 2.22. The molecule has 9 heteroatoms. The first-order valence-corrected chi connectivity index (χ1v) is 10.8. The summed E-state index contributed by atoms with van der Waals surface area (Å²) < 4.78 is 0. The molecule has 1 atom stereocenters. The van der Waals surface area contributed by atoms with E-state index in [2.05, 4.69) is 9.88 Å². The summed E-state index contributed by atoms with van der Waals surface area (Å²) in [7, 11) is 0. The first-order valence-electron chi connectivity index (χ1n) is 10.8. The van der Waals surface area contributed by atoms with Crippen molar-refractivity contribution >= 4 is 18.3 Å². The number of β-amino-alcohol motifs (C(OH)–C–C–N with tert-alkyl or cyclic N) is 1. The third-order valence-electron chi connectivity index (χ3n) is 6.05. The van der Waals surface area contributed by atoms with Gasteiger partial charge in [0.1, 0.15) is 0 Å². The minimum absolute atomic E-state index is 0.126. The summed E-state index contributed by atoms with van der Waals surface area (Å²) in [5.74, 6) is 0.561. The molecule has 3 rings (SSSR count). The van der Waals surface area contributed by atoms with Crippen LogP contribution >= 0.6 is 0 Å². The second-order valence-electron chi connectivity index (χ2n) is 8.06. The van der Waals surface area contributed by atoms with Crippen LogP contribution in [0, 0.1) is 5.92 Å². The van der Waals surface area contributed by atoms with Crippen molar-refractivity contribution in [1.29, 1.82) is 0 Å². The number of aliphatic hydroxyl groups is 1. The van der Waals surface area contributed by atoms with Gasteiger partial charge in [-0.25, -0.2) is 0 Å². The number of piperazine rings is 1. The molecule has 2 amide bonds. The Balaban J connectivity index is 0.00000107. The van der Waals surface area contributed by atoms with E-state index in [1.165, 1.54) is 0 Å². The van der Waals surface area contributed by atoms with Gasteiger partial charge in [0.25, 0.3) is 6.47 Å². The van der Waals surface area contributed by atoms with Crippen molar-refractivity contribution in [2.45, 2.75) is 38.7 Å². The van der Waals surface area contributed by atoms with Crippen molar-refractivity contribution in [3.63, 3.8) is 0 Å². The maximum atomic E-state index is 12.5. The number of likely N-dealkylation sites (tertiary alicyclic amines) is 1. The number of amides is 2. The Bertz CT molecular complexity index is 686. The Morgan fingerprint density at radius 1 is 1.16 bits per heavy atom. The second-order valence-corrected chi connectivity index (χ2v) is 8.06. The van der Waals surface area contributed by atoms with E-state index in [9.17, 15) is 14.7 Å². The van der Waals surface area contributed by atoms with E-state index in [0.717, 1.165) is 64.1 Å². The van der Waals surface area contributed by atoms with Crippen LogP contribution in [-0.2, 0) is 20.8 Å². The average molecular weight is 435 g/mol. The van der Waals surface area contributed by atoms with Crippen LogP contribution in [0.2, 0.25) is 0 Å². The molecule has 1 aromatic rings. The third kappa shape index (κ3) is 8.26. The summed E-state index contributed by atoms with van der Waals surface area (Å²) in [5, 5.41) is 17.5. The second kappa shape index (κ2) is 13.0. The molecule has 0 saturated carbocycles. The molecule has 31 heavy (non-hydrogen) atoms. The lowest BCUT2D eigenvalue weighted by molar-refractivity contribution is -0.134. The molecule has 2 aliphatic heterocycles. The molecule has 2 saturated heterocycles. The van der Waals surface area contributed by atoms with Crippen molar-refractivity contribution in [2.24, 2.45) is 5.92 Å². The zero-order chi connectivity index (χ0) is 22.6. The molecule has 3 heterocycles. The van der Waals surface area contributed by atoms with Gasteiger partial charge in [0.2, 0.25) is 11.8 Å². The van der Waals surface area contributed by atoms with E-state index in [1.54, 1.807) is 13.1 Å². The van der Waals surface area contributed by atoms with Crippen LogP contribution in [0.15, 0.2) is 24.5 Å². The number of aliphatic hydroxyl groups excluding tert-OH is 1. The number of carboxylic acid groups (broad SMARTS) is 1. The average Bonchev–Trinajstić information content (AvgIpc) is 2.79. The van der Waals surface area contributed by atoms with E-state index in [1.807, 2.05) is 28.1 Å². The Labute approximate surface area is 183 Å². The normalized spacial score (nSPS) is 18.6. The molecule has 172 valence electrons. The zero-order valence-corrected chi connectivity index (χ0v) is 18.2. The minimum atomic E-state index is -0.364. The molecule has 0 spiro atoms. The number of carbonyl (C=O) groups excluding carboxylic acids is 2. The van der Waals surface area contributed by atoms with E-state index in [-0.39, 0.29) is 30.3 Å². The Kier molecular flexibility index (Phi) is 10.4. The topological polar surface area (TPSA) is 114 Å². The summed E-state index contributed by atoms with van der Waals surface area (Å²) in [6.45, 7) is 6.60. The lowest BCUT2D eigenvalue weighted by Crippen LogP contribution is -2.51. The van der Waals surface area contributed by atoms with Gasteiger partial charge in [-0.3, -0.25) is 24.3 Å². The Morgan fingerprint density at radius 3 is 2.35 bits per heavy atom. The SMILES string of the molecule is CC(=O)N1CCN(CC(O)C2CCN(C(=O)CCc3cccnc3)CC2)CC1.O=CO. The lowest BCUT2D eigenvalue weighted by Gasteiger charge is -2.38. The maximum Gasteiger partial charge on any atom is 0.290 e. The zero-order valence-electron chi connectivity index (χ0n) is 18.2. The van der Waals surface area contributed by atoms with E-state index in [4.69, 9.17) is 9.90 Å². The molecule has 0 radical (unpaired) electrons. The first kappa shape index (κ1) is 24.7. The number of aryl methyl sites for hydroxylation is 1. The van der Waals surface area contributed by atoms with Crippen LogP contribution in [0.5, 0.6) is 0 Å². The molecular weight excluding hydrogens is 400 g/mol. The van der Waals surface area contributed by atoms with Crippen LogP contribution in [0.25, 0.3) is 0 Å². The highest BCUT2D eigenvalue weighted by molar-refractivity contribution is 5.76. The number of hydrogen-bond acceptors (Lipinski definition) is 6. The van der Waals surface area contributed by atoms with Crippen molar-refractivity contribution in [2.75, 3.05) is 45.8 Å². The van der Waals surface area contributed by atoms with Crippen LogP contribution in [0.4, 0.5) is 0 Å². The van der Waals surface area contributed by atoms with E-state index >= 15 is 0 Å². The van der Waals surface area contributed by atoms with Crippen molar-refractivity contribution in [1.82, 2.24) is 19.7 Å². The van der Waals surface area contributed by atoms with Crippen molar-refractivity contribution < 1.29 is 24.6 Å². The van der Waals surface area contributed by atoms with Gasteiger partial charge < -0.3 is 20.0 Å². The molecule has 2 fully saturated rings. The summed E-state index contributed by atoms with van der Waals surface area (Å²) in [6, 6.07) is 3.89. The number of aromatic nitrogens is 1. The molecule has 1 unspecified atom stereocenters. The molecule has 9 nitrogen and oxygen atoms in total. The van der Waals surface area contributed by atoms with Gasteiger partial charge in [0.05, 0.1) is 6.10 Å². The van der Waals surface area contributed by atoms with E-state index in [0.29, 0.717) is 13.0 Å². The van der Waals surface area contributed by atoms with Gasteiger partial charge in [-0.1, -0.05) is 6.07 Å². The number of rotatable bonds is 6. The van der Waals surface area contributed by atoms with Gasteiger partial charge >= 0.3 is 0 Å². The van der Waals surface area contributed by atoms with Gasteiger partial charge in [-0.2, -0.15) is 0 Å². The van der Waals surface area contributed by atoms with Crippen molar-refractivity contribution in [3.05, 3.63) is 30.1 Å². The fourth-order valence-electron chi connectivity index (χ4n) is 4.15. The van der Waals surface area contributed by atoms with Gasteiger partial charge in [0, 0.05) is 71.6 Å². The maximum absolute atomic E-state index is 12.5. The highest BCUT2D eigenvalue weighted by Gasteiger charge is 2.29. The van der Waals surface area contributed by atoms with Crippen LogP contribution in [0.1, 0.15) is 31.7 Å². The first-order chi connectivity index (χ1) is 14.9. The number of piperidine rings is 1. The quantitative estimate of drug-likeness (QED) is 0.626. The molecule has 1 aromatic heterocycles. The largest absolute Gasteiger partial charge is 0.483 e. The predicted molar refractivity (Wildman–Crippen MR) is 115 cm³/mol. The minimum Gasteiger partial charge on any atom is -0.483 e. The molecule has 2 aliphatic rings. The van der Waals surface area contributed by atoms with Crippen LogP contribution in [-0.4, -0.2) is 100 Å². The fraction of sp³-hybridized carbons (Fsp3) is 0.636. The van der Waals surface area contributed by atoms with Gasteiger partial charge in [-0.05, 0) is 36.8 Å². The number of pyridine rings is 1. The molecule has 0 aromatic carbocycles. The Hall–Kier alpha value is -2.52. The summed E-state index contributed by atoms with van der Waals surface area (Å²) in [6.07, 6.45) is 6.13. The lowest BCUT2D eigenvalue weighted by atomic mass is 9.90. The summed E-state index contributed by atoms with van der Waals surface area (Å²) in [4.78, 5) is 42.4. The van der Waals surface area contributed by atoms with Gasteiger partial charge in [-0.15, -0.1) is 0 Å². The monoisotopic (exact) mass is 434 g/mol. The van der Waals surface area contributed by atoms with Gasteiger partial charge in [0.15, 0.2) is 0 Å². The number of carbonyl (C=O) groups is 3. The molecule has 0 bridgehead atoms. The fourth-order valence-corrected chi connectivity index (χ4v) is 4.15. The predicted octanol–water partition coefficient (Wildman–Crippen LogP) is 0.479. The smallest absolute Gasteiger partial charge is 0.290 e. The van der Waals surface area contributed by atoms with Crippen molar-refractivity contribution in [3.8, 4) is 0 Å². The summed E-state index contributed by atoms with van der Waals surface area (Å²) in [5.41, 5.74) is 1.09. The van der Waals surface area contributed by atoms with Crippen LogP contribution in [0.3, 0.4) is 0 Å². The molecule has 0 aliphatic carbocycles. The number of nitrogens with zero attached hydrogens (tertiary/aromatic N) is 4. The standard InChI is InChI=1S/C21H32N4O3.CH2O2/c1-17(26)24-13-11-23(12-14-24)16-20(27)19-6-9-25(10-7-19)21(28)5-4-18-3-2-8-22-15-18;2-1-3/h2-3,8,15,19-20,27H,4-7,9-14,16H2,1H3;1H,(H,2,3). The Morgan fingerprint density at radius 2 is 1.81 bits per heavy atom. The highest BCUT2D eigenvalue weighted by atomic mass is 16.3. The van der Waals surface area contributed by atoms with E-state index < -0.39 is 0 Å². The number of hydrogen-bond donors (Lipinski definition) is 2.